The minimum Gasteiger partial charge on any atom is -0.508 e. The van der Waals surface area contributed by atoms with Crippen LogP contribution in [0, 0.1) is 5.92 Å². The summed E-state index contributed by atoms with van der Waals surface area (Å²) in [6, 6.07) is 12.3. The van der Waals surface area contributed by atoms with E-state index in [1.807, 2.05) is 12.1 Å². The number of aromatic hydroxyl groups is 1. The van der Waals surface area contributed by atoms with Crippen molar-refractivity contribution in [2.24, 2.45) is 5.92 Å². The first-order valence-electron chi connectivity index (χ1n) is 7.60. The fourth-order valence-electron chi connectivity index (χ4n) is 3.47. The zero-order valence-electron chi connectivity index (χ0n) is 11.9. The van der Waals surface area contributed by atoms with Crippen LogP contribution in [-0.2, 0) is 0 Å². The molecule has 1 N–H and O–H groups in total. The SMILES string of the molecule is C=CC[C@H]1CC[C@H](c2ccc3cc(O)ccc3c2)CC1. The molecule has 0 bridgehead atoms. The molecule has 0 amide bonds. The largest absolute Gasteiger partial charge is 0.508 e. The summed E-state index contributed by atoms with van der Waals surface area (Å²) in [6.45, 7) is 3.85. The highest BCUT2D eigenvalue weighted by atomic mass is 16.3. The van der Waals surface area contributed by atoms with Gasteiger partial charge in [0.15, 0.2) is 0 Å². The lowest BCUT2D eigenvalue weighted by atomic mass is 9.77. The van der Waals surface area contributed by atoms with Crippen molar-refractivity contribution >= 4 is 10.8 Å². The number of rotatable bonds is 3. The van der Waals surface area contributed by atoms with Crippen LogP contribution in [0.3, 0.4) is 0 Å². The maximum atomic E-state index is 9.52. The van der Waals surface area contributed by atoms with Crippen LogP contribution in [0.1, 0.15) is 43.6 Å². The summed E-state index contributed by atoms with van der Waals surface area (Å²) in [5, 5.41) is 11.9. The molecule has 1 nitrogen and oxygen atoms in total. The van der Waals surface area contributed by atoms with Crippen LogP contribution in [0.2, 0.25) is 0 Å². The summed E-state index contributed by atoms with van der Waals surface area (Å²) in [4.78, 5) is 0. The maximum absolute atomic E-state index is 9.52. The Kier molecular flexibility index (Phi) is 3.77. The molecule has 1 aliphatic rings. The van der Waals surface area contributed by atoms with Crippen LogP contribution in [0.25, 0.3) is 10.8 Å². The first-order valence-corrected chi connectivity index (χ1v) is 7.60. The molecular formula is C19H22O. The molecule has 0 radical (unpaired) electrons. The Hall–Kier alpha value is -1.76. The lowest BCUT2D eigenvalue weighted by molar-refractivity contribution is 0.328. The summed E-state index contributed by atoms with van der Waals surface area (Å²) >= 11 is 0. The minimum absolute atomic E-state index is 0.343. The number of hydrogen-bond acceptors (Lipinski definition) is 1. The summed E-state index contributed by atoms with van der Waals surface area (Å²) < 4.78 is 0. The van der Waals surface area contributed by atoms with E-state index in [9.17, 15) is 5.11 Å². The Morgan fingerprint density at radius 2 is 1.70 bits per heavy atom. The van der Waals surface area contributed by atoms with E-state index in [1.165, 1.54) is 43.1 Å². The first kappa shape index (κ1) is 13.2. The third kappa shape index (κ3) is 2.72. The molecule has 0 atom stereocenters. The van der Waals surface area contributed by atoms with Gasteiger partial charge in [0.25, 0.3) is 0 Å². The molecule has 0 saturated heterocycles. The van der Waals surface area contributed by atoms with Crippen LogP contribution in [0.5, 0.6) is 5.75 Å². The van der Waals surface area contributed by atoms with E-state index in [4.69, 9.17) is 0 Å². The highest BCUT2D eigenvalue weighted by molar-refractivity contribution is 5.84. The van der Waals surface area contributed by atoms with Gasteiger partial charge in [0.1, 0.15) is 5.75 Å². The predicted molar refractivity (Wildman–Crippen MR) is 85.1 cm³/mol. The molecule has 104 valence electrons. The van der Waals surface area contributed by atoms with E-state index in [0.717, 1.165) is 11.3 Å². The number of hydrogen-bond donors (Lipinski definition) is 1. The molecule has 0 aliphatic heterocycles. The van der Waals surface area contributed by atoms with Gasteiger partial charge < -0.3 is 5.11 Å². The van der Waals surface area contributed by atoms with Gasteiger partial charge in [0, 0.05) is 0 Å². The normalized spacial score (nSPS) is 22.8. The quantitative estimate of drug-likeness (QED) is 0.738. The number of phenolic OH excluding ortho intramolecular Hbond substituents is 1. The van der Waals surface area contributed by atoms with Gasteiger partial charge in [-0.1, -0.05) is 30.3 Å². The van der Waals surface area contributed by atoms with Crippen LogP contribution in [0.15, 0.2) is 49.1 Å². The van der Waals surface area contributed by atoms with Gasteiger partial charge in [0.2, 0.25) is 0 Å². The van der Waals surface area contributed by atoms with Crippen molar-refractivity contribution in [1.29, 1.82) is 0 Å². The Balaban J connectivity index is 1.78. The Morgan fingerprint density at radius 3 is 2.45 bits per heavy atom. The minimum atomic E-state index is 0.343. The molecule has 1 heteroatoms. The number of allylic oxidation sites excluding steroid dienone is 1. The second-order valence-electron chi connectivity index (χ2n) is 6.03. The Morgan fingerprint density at radius 1 is 1.00 bits per heavy atom. The first-order chi connectivity index (χ1) is 9.76. The molecule has 1 saturated carbocycles. The van der Waals surface area contributed by atoms with Crippen molar-refractivity contribution in [1.82, 2.24) is 0 Å². The van der Waals surface area contributed by atoms with Gasteiger partial charge in [-0.25, -0.2) is 0 Å². The Labute approximate surface area is 120 Å². The molecule has 2 aromatic carbocycles. The highest BCUT2D eigenvalue weighted by Crippen LogP contribution is 2.38. The van der Waals surface area contributed by atoms with Gasteiger partial charge in [-0.05, 0) is 72.4 Å². The zero-order valence-corrected chi connectivity index (χ0v) is 11.9. The summed E-state index contributed by atoms with van der Waals surface area (Å²) in [5.74, 6) is 1.89. The molecule has 0 unspecified atom stereocenters. The molecule has 1 aliphatic carbocycles. The van der Waals surface area contributed by atoms with Gasteiger partial charge >= 0.3 is 0 Å². The van der Waals surface area contributed by atoms with Gasteiger partial charge in [0.05, 0.1) is 0 Å². The average Bonchev–Trinajstić information content (AvgIpc) is 2.48. The van der Waals surface area contributed by atoms with Crippen LogP contribution < -0.4 is 0 Å². The summed E-state index contributed by atoms with van der Waals surface area (Å²) in [7, 11) is 0. The molecule has 1 fully saturated rings. The van der Waals surface area contributed by atoms with Gasteiger partial charge in [-0.2, -0.15) is 0 Å². The smallest absolute Gasteiger partial charge is 0.116 e. The van der Waals surface area contributed by atoms with Crippen molar-refractivity contribution in [2.45, 2.75) is 38.0 Å². The van der Waals surface area contributed by atoms with E-state index < -0.39 is 0 Å². The van der Waals surface area contributed by atoms with Crippen molar-refractivity contribution in [3.05, 3.63) is 54.6 Å². The zero-order chi connectivity index (χ0) is 13.9. The summed E-state index contributed by atoms with van der Waals surface area (Å²) in [6.07, 6.45) is 8.47. The lowest BCUT2D eigenvalue weighted by Gasteiger charge is -2.28. The second-order valence-corrected chi connectivity index (χ2v) is 6.03. The van der Waals surface area contributed by atoms with Gasteiger partial charge in [-0.15, -0.1) is 6.58 Å². The molecule has 20 heavy (non-hydrogen) atoms. The van der Waals surface area contributed by atoms with E-state index >= 15 is 0 Å². The van der Waals surface area contributed by atoms with Crippen molar-refractivity contribution in [3.63, 3.8) is 0 Å². The lowest BCUT2D eigenvalue weighted by Crippen LogP contribution is -2.12. The van der Waals surface area contributed by atoms with E-state index in [-0.39, 0.29) is 0 Å². The molecular weight excluding hydrogens is 244 g/mol. The molecule has 2 aromatic rings. The number of benzene rings is 2. The fraction of sp³-hybridized carbons (Fsp3) is 0.368. The van der Waals surface area contributed by atoms with Crippen LogP contribution in [0.4, 0.5) is 0 Å². The van der Waals surface area contributed by atoms with Crippen molar-refractivity contribution < 1.29 is 5.11 Å². The van der Waals surface area contributed by atoms with Crippen LogP contribution >= 0.6 is 0 Å². The van der Waals surface area contributed by atoms with E-state index in [0.29, 0.717) is 11.7 Å². The monoisotopic (exact) mass is 266 g/mol. The summed E-state index contributed by atoms with van der Waals surface area (Å²) in [5.41, 5.74) is 1.46. The third-order valence-corrected chi connectivity index (χ3v) is 4.67. The second kappa shape index (κ2) is 5.70. The van der Waals surface area contributed by atoms with Crippen LogP contribution in [-0.4, -0.2) is 5.11 Å². The van der Waals surface area contributed by atoms with E-state index in [1.54, 1.807) is 6.07 Å². The van der Waals surface area contributed by atoms with Crippen molar-refractivity contribution in [2.75, 3.05) is 0 Å². The average molecular weight is 266 g/mol. The number of fused-ring (bicyclic) bond motifs is 1. The third-order valence-electron chi connectivity index (χ3n) is 4.67. The predicted octanol–water partition coefficient (Wildman–Crippen LogP) is 5.40. The highest BCUT2D eigenvalue weighted by Gasteiger charge is 2.21. The topological polar surface area (TPSA) is 20.2 Å². The van der Waals surface area contributed by atoms with Crippen molar-refractivity contribution in [3.8, 4) is 5.75 Å². The molecule has 3 rings (SSSR count). The fourth-order valence-corrected chi connectivity index (χ4v) is 3.47. The molecule has 0 aromatic heterocycles. The standard InChI is InChI=1S/C19H22O/c1-2-3-14-4-6-15(7-5-14)16-8-9-18-13-19(20)11-10-17(18)12-16/h2,8-15,20H,1,3-7H2/t14-,15-. The maximum Gasteiger partial charge on any atom is 0.116 e. The Bertz CT molecular complexity index is 606. The molecule has 0 spiro atoms. The number of phenols is 1. The molecule has 0 heterocycles. The van der Waals surface area contributed by atoms with Gasteiger partial charge in [-0.3, -0.25) is 0 Å². The van der Waals surface area contributed by atoms with E-state index in [2.05, 4.69) is 30.9 Å².